The van der Waals surface area contributed by atoms with Crippen LogP contribution >= 0.6 is 0 Å². The molecular formula is C15H19FO3S. The minimum atomic E-state index is -3.42. The molecule has 0 saturated heterocycles. The van der Waals surface area contributed by atoms with Crippen LogP contribution in [0, 0.1) is 0 Å². The Morgan fingerprint density at radius 2 is 1.65 bits per heavy atom. The Hall–Kier alpha value is -0.940. The lowest BCUT2D eigenvalue weighted by Crippen LogP contribution is -2.40. The summed E-state index contributed by atoms with van der Waals surface area (Å²) in [4.78, 5) is 0. The average molecular weight is 298 g/mol. The standard InChI is InChI=1S/C15H19FO3S/c16-11-14(6-7-14)20(17,18)15(8-9-15)12-19-10-13-4-2-1-3-5-13/h1-5H,6-12H2. The third-order valence-corrected chi connectivity index (χ3v) is 7.80. The lowest BCUT2D eigenvalue weighted by atomic mass is 10.2. The maximum absolute atomic E-state index is 13.1. The molecular weight excluding hydrogens is 279 g/mol. The molecule has 20 heavy (non-hydrogen) atoms. The summed E-state index contributed by atoms with van der Waals surface area (Å²) in [5.41, 5.74) is 1.02. The van der Waals surface area contributed by atoms with Crippen LogP contribution in [0.15, 0.2) is 30.3 Å². The normalized spacial score (nSPS) is 22.4. The molecule has 0 N–H and O–H groups in total. The van der Waals surface area contributed by atoms with Gasteiger partial charge in [-0.25, -0.2) is 12.8 Å². The molecule has 110 valence electrons. The molecule has 1 aromatic carbocycles. The predicted molar refractivity (Wildman–Crippen MR) is 74.9 cm³/mol. The number of benzene rings is 1. The first kappa shape index (κ1) is 14.0. The van der Waals surface area contributed by atoms with Crippen LogP contribution in [0.2, 0.25) is 0 Å². The van der Waals surface area contributed by atoms with E-state index in [1.165, 1.54) is 0 Å². The lowest BCUT2D eigenvalue weighted by molar-refractivity contribution is 0.116. The first-order valence-electron chi connectivity index (χ1n) is 6.97. The molecule has 2 aliphatic carbocycles. The quantitative estimate of drug-likeness (QED) is 0.777. The molecule has 0 aliphatic heterocycles. The second kappa shape index (κ2) is 4.81. The van der Waals surface area contributed by atoms with Crippen LogP contribution in [0.4, 0.5) is 4.39 Å². The molecule has 0 unspecified atom stereocenters. The van der Waals surface area contributed by atoms with Gasteiger partial charge in [-0.1, -0.05) is 30.3 Å². The highest BCUT2D eigenvalue weighted by Gasteiger charge is 2.67. The van der Waals surface area contributed by atoms with Crippen LogP contribution in [0.25, 0.3) is 0 Å². The summed E-state index contributed by atoms with van der Waals surface area (Å²) < 4.78 is 41.9. The van der Waals surface area contributed by atoms with Gasteiger partial charge in [-0.15, -0.1) is 0 Å². The lowest BCUT2D eigenvalue weighted by Gasteiger charge is -2.21. The van der Waals surface area contributed by atoms with Gasteiger partial charge in [0.05, 0.1) is 18.0 Å². The molecule has 2 aliphatic rings. The van der Waals surface area contributed by atoms with E-state index in [0.717, 1.165) is 5.56 Å². The molecule has 3 nitrogen and oxygen atoms in total. The van der Waals surface area contributed by atoms with Crippen LogP contribution in [0.5, 0.6) is 0 Å². The van der Waals surface area contributed by atoms with Crippen molar-refractivity contribution in [2.75, 3.05) is 13.3 Å². The third kappa shape index (κ3) is 2.17. The van der Waals surface area contributed by atoms with E-state index in [9.17, 15) is 12.8 Å². The number of ether oxygens (including phenoxy) is 1. The second-order valence-corrected chi connectivity index (χ2v) is 8.72. The average Bonchev–Trinajstić information content (AvgIpc) is 3.34. The molecule has 0 heterocycles. The van der Waals surface area contributed by atoms with E-state index < -0.39 is 26.0 Å². The van der Waals surface area contributed by atoms with E-state index in [-0.39, 0.29) is 6.61 Å². The van der Waals surface area contributed by atoms with Gasteiger partial charge >= 0.3 is 0 Å². The monoisotopic (exact) mass is 298 g/mol. The Morgan fingerprint density at radius 1 is 1.05 bits per heavy atom. The largest absolute Gasteiger partial charge is 0.375 e. The van der Waals surface area contributed by atoms with E-state index >= 15 is 0 Å². The third-order valence-electron chi connectivity index (χ3n) is 4.48. The van der Waals surface area contributed by atoms with Crippen LogP contribution in [-0.4, -0.2) is 31.2 Å². The zero-order valence-corrected chi connectivity index (χ0v) is 12.2. The van der Waals surface area contributed by atoms with Crippen molar-refractivity contribution in [1.82, 2.24) is 0 Å². The summed E-state index contributed by atoms with van der Waals surface area (Å²) in [7, 11) is -3.42. The van der Waals surface area contributed by atoms with Crippen molar-refractivity contribution in [3.05, 3.63) is 35.9 Å². The van der Waals surface area contributed by atoms with Crippen LogP contribution in [-0.2, 0) is 21.2 Å². The van der Waals surface area contributed by atoms with Crippen molar-refractivity contribution in [1.29, 1.82) is 0 Å². The smallest absolute Gasteiger partial charge is 0.166 e. The fourth-order valence-electron chi connectivity index (χ4n) is 2.63. The predicted octanol–water partition coefficient (Wildman–Crippen LogP) is 2.65. The number of sulfone groups is 1. The molecule has 0 aromatic heterocycles. The summed E-state index contributed by atoms with van der Waals surface area (Å²) in [6.45, 7) is -0.164. The second-order valence-electron chi connectivity index (χ2n) is 5.98. The zero-order chi connectivity index (χ0) is 14.3. The van der Waals surface area contributed by atoms with Gasteiger partial charge in [0.2, 0.25) is 0 Å². The van der Waals surface area contributed by atoms with Crippen molar-refractivity contribution in [2.45, 2.75) is 41.8 Å². The van der Waals surface area contributed by atoms with Gasteiger partial charge in [-0.3, -0.25) is 0 Å². The fourth-order valence-corrected chi connectivity index (χ4v) is 5.21. The molecule has 0 amide bonds. The van der Waals surface area contributed by atoms with Crippen molar-refractivity contribution >= 4 is 9.84 Å². The Morgan fingerprint density at radius 3 is 2.15 bits per heavy atom. The molecule has 2 saturated carbocycles. The summed E-state index contributed by atoms with van der Waals surface area (Å²) in [6.07, 6.45) is 2.14. The first-order chi connectivity index (χ1) is 9.55. The van der Waals surface area contributed by atoms with Gasteiger partial charge in [0.1, 0.15) is 11.4 Å². The van der Waals surface area contributed by atoms with Gasteiger partial charge in [-0.2, -0.15) is 0 Å². The molecule has 0 bridgehead atoms. The van der Waals surface area contributed by atoms with Crippen LogP contribution < -0.4 is 0 Å². The Bertz CT molecular complexity index is 574. The molecule has 3 rings (SSSR count). The summed E-state index contributed by atoms with van der Waals surface area (Å²) >= 11 is 0. The Labute approximate surface area is 119 Å². The van der Waals surface area contributed by atoms with Crippen molar-refractivity contribution in [2.24, 2.45) is 0 Å². The summed E-state index contributed by atoms with van der Waals surface area (Å²) in [5, 5.41) is 0. The van der Waals surface area contributed by atoms with E-state index in [2.05, 4.69) is 0 Å². The van der Waals surface area contributed by atoms with E-state index in [4.69, 9.17) is 4.74 Å². The Kier molecular flexibility index (Phi) is 3.37. The highest BCUT2D eigenvalue weighted by molar-refractivity contribution is 7.94. The van der Waals surface area contributed by atoms with Crippen LogP contribution in [0.3, 0.4) is 0 Å². The molecule has 2 fully saturated rings. The maximum Gasteiger partial charge on any atom is 0.166 e. The van der Waals surface area contributed by atoms with Gasteiger partial charge in [0, 0.05) is 0 Å². The van der Waals surface area contributed by atoms with Gasteiger partial charge in [-0.05, 0) is 31.2 Å². The van der Waals surface area contributed by atoms with Gasteiger partial charge in [0.15, 0.2) is 9.84 Å². The summed E-state index contributed by atoms with van der Waals surface area (Å²) in [5.74, 6) is 0. The minimum absolute atomic E-state index is 0.186. The minimum Gasteiger partial charge on any atom is -0.375 e. The SMILES string of the molecule is O=S(=O)(C1(CF)CC1)C1(COCc2ccccc2)CC1. The van der Waals surface area contributed by atoms with Gasteiger partial charge in [0.25, 0.3) is 0 Å². The first-order valence-corrected chi connectivity index (χ1v) is 8.45. The van der Waals surface area contributed by atoms with Crippen LogP contribution in [0.1, 0.15) is 31.2 Å². The van der Waals surface area contributed by atoms with Gasteiger partial charge < -0.3 is 4.74 Å². The molecule has 0 spiro atoms. The number of alkyl halides is 1. The number of halogens is 1. The van der Waals surface area contributed by atoms with E-state index in [0.29, 0.717) is 32.3 Å². The van der Waals surface area contributed by atoms with E-state index in [1.54, 1.807) is 0 Å². The van der Waals surface area contributed by atoms with Crippen molar-refractivity contribution in [3.8, 4) is 0 Å². The molecule has 0 radical (unpaired) electrons. The molecule has 1 aromatic rings. The number of hydrogen-bond donors (Lipinski definition) is 0. The fraction of sp³-hybridized carbons (Fsp3) is 0.600. The Balaban J connectivity index is 1.63. The molecule has 5 heteroatoms. The van der Waals surface area contributed by atoms with Crippen molar-refractivity contribution in [3.63, 3.8) is 0 Å². The van der Waals surface area contributed by atoms with E-state index in [1.807, 2.05) is 30.3 Å². The highest BCUT2D eigenvalue weighted by Crippen LogP contribution is 2.56. The highest BCUT2D eigenvalue weighted by atomic mass is 32.2. The maximum atomic E-state index is 13.1. The number of hydrogen-bond acceptors (Lipinski definition) is 3. The zero-order valence-electron chi connectivity index (χ0n) is 11.3. The van der Waals surface area contributed by atoms with Crippen molar-refractivity contribution < 1.29 is 17.5 Å². The number of rotatable bonds is 7. The molecule has 0 atom stereocenters. The topological polar surface area (TPSA) is 43.4 Å². The summed E-state index contributed by atoms with van der Waals surface area (Å²) in [6, 6.07) is 9.65.